The molecule has 1 saturated carbocycles. The van der Waals surface area contributed by atoms with Crippen LogP contribution in [0, 0.1) is 0 Å². The van der Waals surface area contributed by atoms with E-state index in [9.17, 15) is 4.79 Å². The SMILES string of the molecule is COc1ccc(/C=C/C(=O)NCC2(c3ccc(OC)c(OC)c3)CCCC2)cc1. The van der Waals surface area contributed by atoms with Gasteiger partial charge in [0.2, 0.25) is 5.91 Å². The van der Waals surface area contributed by atoms with Crippen molar-refractivity contribution in [1.82, 2.24) is 5.32 Å². The number of nitrogens with one attached hydrogen (secondary N) is 1. The molecule has 0 aliphatic heterocycles. The quantitative estimate of drug-likeness (QED) is 0.675. The maximum absolute atomic E-state index is 12.4. The van der Waals surface area contributed by atoms with Crippen molar-refractivity contribution in [3.63, 3.8) is 0 Å². The zero-order valence-corrected chi connectivity index (χ0v) is 17.4. The van der Waals surface area contributed by atoms with Gasteiger partial charge in [-0.05, 0) is 54.3 Å². The summed E-state index contributed by atoms with van der Waals surface area (Å²) in [5.74, 6) is 2.15. The van der Waals surface area contributed by atoms with Crippen LogP contribution in [0.4, 0.5) is 0 Å². The highest BCUT2D eigenvalue weighted by Crippen LogP contribution is 2.43. The van der Waals surface area contributed by atoms with Crippen molar-refractivity contribution in [3.8, 4) is 17.2 Å². The molecule has 3 rings (SSSR count). The molecule has 0 bridgehead atoms. The third kappa shape index (κ3) is 4.91. The van der Waals surface area contributed by atoms with Crippen LogP contribution >= 0.6 is 0 Å². The molecule has 29 heavy (non-hydrogen) atoms. The molecule has 0 heterocycles. The Kier molecular flexibility index (Phi) is 6.81. The molecule has 1 amide bonds. The summed E-state index contributed by atoms with van der Waals surface area (Å²) in [6, 6.07) is 13.7. The number of hydrogen-bond acceptors (Lipinski definition) is 4. The van der Waals surface area contributed by atoms with Crippen molar-refractivity contribution >= 4 is 12.0 Å². The molecule has 0 atom stereocenters. The van der Waals surface area contributed by atoms with E-state index in [4.69, 9.17) is 14.2 Å². The topological polar surface area (TPSA) is 56.8 Å². The molecule has 154 valence electrons. The monoisotopic (exact) mass is 395 g/mol. The van der Waals surface area contributed by atoms with Gasteiger partial charge < -0.3 is 19.5 Å². The number of hydrogen-bond donors (Lipinski definition) is 1. The van der Waals surface area contributed by atoms with Crippen LogP contribution in [0.5, 0.6) is 17.2 Å². The maximum Gasteiger partial charge on any atom is 0.244 e. The number of carbonyl (C=O) groups excluding carboxylic acids is 1. The number of amides is 1. The van der Waals surface area contributed by atoms with Crippen LogP contribution in [-0.2, 0) is 10.2 Å². The highest BCUT2D eigenvalue weighted by Gasteiger charge is 2.36. The molecule has 5 nitrogen and oxygen atoms in total. The minimum atomic E-state index is -0.0902. The maximum atomic E-state index is 12.4. The minimum absolute atomic E-state index is 0.0663. The van der Waals surface area contributed by atoms with E-state index >= 15 is 0 Å². The van der Waals surface area contributed by atoms with Crippen molar-refractivity contribution in [2.45, 2.75) is 31.1 Å². The fourth-order valence-electron chi connectivity index (χ4n) is 3.99. The standard InChI is InChI=1S/C24H29NO4/c1-27-20-10-6-18(7-11-20)8-13-23(26)25-17-24(14-4-5-15-24)19-9-12-21(28-2)22(16-19)29-3/h6-13,16H,4-5,14-15,17H2,1-3H3,(H,25,26)/b13-8+. The lowest BCUT2D eigenvalue weighted by molar-refractivity contribution is -0.116. The van der Waals surface area contributed by atoms with E-state index in [0.717, 1.165) is 48.5 Å². The van der Waals surface area contributed by atoms with Crippen LogP contribution in [0.2, 0.25) is 0 Å². The molecule has 0 unspecified atom stereocenters. The lowest BCUT2D eigenvalue weighted by Gasteiger charge is -2.30. The van der Waals surface area contributed by atoms with E-state index < -0.39 is 0 Å². The van der Waals surface area contributed by atoms with Gasteiger partial charge in [-0.3, -0.25) is 4.79 Å². The Labute approximate surface area is 172 Å². The predicted molar refractivity (Wildman–Crippen MR) is 115 cm³/mol. The van der Waals surface area contributed by atoms with Gasteiger partial charge in [0.05, 0.1) is 21.3 Å². The summed E-state index contributed by atoms with van der Waals surface area (Å²) in [6.07, 6.45) is 7.80. The van der Waals surface area contributed by atoms with E-state index in [1.807, 2.05) is 42.5 Å². The van der Waals surface area contributed by atoms with Gasteiger partial charge in [0.15, 0.2) is 11.5 Å². The Morgan fingerprint density at radius 3 is 2.28 bits per heavy atom. The van der Waals surface area contributed by atoms with E-state index in [1.54, 1.807) is 27.4 Å². The van der Waals surface area contributed by atoms with Gasteiger partial charge in [-0.15, -0.1) is 0 Å². The average Bonchev–Trinajstić information content (AvgIpc) is 3.26. The molecule has 1 N–H and O–H groups in total. The van der Waals surface area contributed by atoms with Crippen LogP contribution in [-0.4, -0.2) is 33.8 Å². The molecule has 2 aromatic carbocycles. The molecule has 1 aliphatic rings. The van der Waals surface area contributed by atoms with Gasteiger partial charge in [0.1, 0.15) is 5.75 Å². The number of ether oxygens (including phenoxy) is 3. The molecular formula is C24H29NO4. The third-order valence-electron chi connectivity index (χ3n) is 5.70. The molecule has 0 radical (unpaired) electrons. The zero-order chi connectivity index (χ0) is 20.7. The number of benzene rings is 2. The van der Waals surface area contributed by atoms with Gasteiger partial charge >= 0.3 is 0 Å². The Balaban J connectivity index is 1.68. The second-order valence-electron chi connectivity index (χ2n) is 7.38. The van der Waals surface area contributed by atoms with Gasteiger partial charge in [-0.1, -0.05) is 31.0 Å². The molecule has 0 saturated heterocycles. The van der Waals surface area contributed by atoms with Crippen LogP contribution in [0.15, 0.2) is 48.5 Å². The fraction of sp³-hybridized carbons (Fsp3) is 0.375. The molecule has 0 aromatic heterocycles. The first kappa shape index (κ1) is 20.8. The smallest absolute Gasteiger partial charge is 0.244 e. The minimum Gasteiger partial charge on any atom is -0.497 e. The second-order valence-corrected chi connectivity index (χ2v) is 7.38. The average molecular weight is 395 g/mol. The van der Waals surface area contributed by atoms with Gasteiger partial charge in [0, 0.05) is 18.0 Å². The number of rotatable bonds is 8. The predicted octanol–water partition coefficient (Wildman–Crippen LogP) is 4.35. The molecule has 1 fully saturated rings. The van der Waals surface area contributed by atoms with Crippen LogP contribution in [0.25, 0.3) is 6.08 Å². The summed E-state index contributed by atoms with van der Waals surface area (Å²) >= 11 is 0. The molecule has 0 spiro atoms. The van der Waals surface area contributed by atoms with E-state index in [-0.39, 0.29) is 11.3 Å². The second kappa shape index (κ2) is 9.50. The summed E-state index contributed by atoms with van der Waals surface area (Å²) in [4.78, 5) is 12.4. The first-order chi connectivity index (χ1) is 14.1. The summed E-state index contributed by atoms with van der Waals surface area (Å²) in [6.45, 7) is 0.605. The van der Waals surface area contributed by atoms with E-state index in [2.05, 4.69) is 11.4 Å². The highest BCUT2D eigenvalue weighted by molar-refractivity contribution is 5.91. The lowest BCUT2D eigenvalue weighted by atomic mass is 9.78. The van der Waals surface area contributed by atoms with E-state index in [1.165, 1.54) is 5.56 Å². The fourth-order valence-corrected chi connectivity index (χ4v) is 3.99. The van der Waals surface area contributed by atoms with Gasteiger partial charge in [-0.2, -0.15) is 0 Å². The third-order valence-corrected chi connectivity index (χ3v) is 5.70. The lowest BCUT2D eigenvalue weighted by Crippen LogP contribution is -2.38. The highest BCUT2D eigenvalue weighted by atomic mass is 16.5. The van der Waals surface area contributed by atoms with Crippen LogP contribution < -0.4 is 19.5 Å². The van der Waals surface area contributed by atoms with Crippen molar-refractivity contribution in [1.29, 1.82) is 0 Å². The first-order valence-electron chi connectivity index (χ1n) is 9.93. The number of methoxy groups -OCH3 is 3. The van der Waals surface area contributed by atoms with Crippen LogP contribution in [0.3, 0.4) is 0 Å². The Hall–Kier alpha value is -2.95. The summed E-state index contributed by atoms with van der Waals surface area (Å²) in [5, 5.41) is 3.10. The summed E-state index contributed by atoms with van der Waals surface area (Å²) < 4.78 is 16.0. The van der Waals surface area contributed by atoms with Crippen molar-refractivity contribution in [2.75, 3.05) is 27.9 Å². The molecule has 1 aliphatic carbocycles. The molecular weight excluding hydrogens is 366 g/mol. The summed E-state index contributed by atoms with van der Waals surface area (Å²) in [7, 11) is 4.92. The van der Waals surface area contributed by atoms with Crippen molar-refractivity contribution in [3.05, 3.63) is 59.7 Å². The largest absolute Gasteiger partial charge is 0.497 e. The van der Waals surface area contributed by atoms with Gasteiger partial charge in [-0.25, -0.2) is 0 Å². The Morgan fingerprint density at radius 1 is 0.966 bits per heavy atom. The zero-order valence-electron chi connectivity index (χ0n) is 17.4. The van der Waals surface area contributed by atoms with E-state index in [0.29, 0.717) is 6.54 Å². The van der Waals surface area contributed by atoms with Crippen molar-refractivity contribution in [2.24, 2.45) is 0 Å². The van der Waals surface area contributed by atoms with Crippen LogP contribution in [0.1, 0.15) is 36.8 Å². The summed E-state index contributed by atoms with van der Waals surface area (Å²) in [5.41, 5.74) is 2.08. The Bertz CT molecular complexity index is 852. The normalized spacial score (nSPS) is 15.3. The van der Waals surface area contributed by atoms with Crippen molar-refractivity contribution < 1.29 is 19.0 Å². The first-order valence-corrected chi connectivity index (χ1v) is 9.93. The number of carbonyl (C=O) groups is 1. The van der Waals surface area contributed by atoms with Gasteiger partial charge in [0.25, 0.3) is 0 Å². The Morgan fingerprint density at radius 2 is 1.66 bits per heavy atom. The molecule has 5 heteroatoms. The molecule has 2 aromatic rings.